The van der Waals surface area contributed by atoms with E-state index in [-0.39, 0.29) is 12.0 Å². The molecule has 0 aliphatic rings. The van der Waals surface area contributed by atoms with E-state index in [0.29, 0.717) is 13.0 Å². The normalized spacial score (nSPS) is 14.0. The molecular weight excluding hydrogens is 530 g/mol. The molecule has 42 heavy (non-hydrogen) atoms. The fraction of sp³-hybridized carbons (Fsp3) is 0.486. The van der Waals surface area contributed by atoms with E-state index >= 15 is 0 Å². The summed E-state index contributed by atoms with van der Waals surface area (Å²) in [7, 11) is 0. The lowest BCUT2D eigenvalue weighted by Crippen LogP contribution is -2.38. The van der Waals surface area contributed by atoms with Gasteiger partial charge in [0.25, 0.3) is 0 Å². The van der Waals surface area contributed by atoms with Crippen molar-refractivity contribution in [3.8, 4) is 0 Å². The Hall–Kier alpha value is -3.26. The fourth-order valence-electron chi connectivity index (χ4n) is 4.41. The van der Waals surface area contributed by atoms with E-state index in [1.165, 1.54) is 0 Å². The molecule has 2 N–H and O–H groups in total. The third-order valence-electron chi connectivity index (χ3n) is 7.46. The number of carbonyl (C=O) groups excluding carboxylic acids is 2. The summed E-state index contributed by atoms with van der Waals surface area (Å²) in [5, 5.41) is 0. The van der Waals surface area contributed by atoms with Crippen molar-refractivity contribution in [3.63, 3.8) is 0 Å². The molecule has 0 bridgehead atoms. The highest BCUT2D eigenvalue weighted by Gasteiger charge is 2.31. The molecule has 0 radical (unpaired) electrons. The van der Waals surface area contributed by atoms with Gasteiger partial charge in [-0.3, -0.25) is 5.73 Å². The van der Waals surface area contributed by atoms with Crippen LogP contribution in [0, 0.1) is 0 Å². The molecule has 1 unspecified atom stereocenters. The van der Waals surface area contributed by atoms with Gasteiger partial charge in [0.1, 0.15) is 16.9 Å². The van der Waals surface area contributed by atoms with Gasteiger partial charge < -0.3 is 18.9 Å². The van der Waals surface area contributed by atoms with Crippen LogP contribution in [-0.4, -0.2) is 36.4 Å². The average Bonchev–Trinajstić information content (AvgIpc) is 2.91. The standard InChI is InChI=1S/C35H49NO6/c1-12-29(37)41-31(3,4)22-23-39-35(11,36)28-20-16-26(17-21-28)33(7,8)25-14-18-27(19-15-25)34(9,10)40-24-32(5,6)42-30(38)13-2/h12-21H,1-2,22-24,36H2,3-11H3. The number of ether oxygens (including phenoxy) is 4. The van der Waals surface area contributed by atoms with E-state index in [2.05, 4.69) is 63.4 Å². The summed E-state index contributed by atoms with van der Waals surface area (Å²) in [5.41, 5.74) is 7.33. The van der Waals surface area contributed by atoms with Gasteiger partial charge in [0, 0.05) is 24.0 Å². The predicted molar refractivity (Wildman–Crippen MR) is 167 cm³/mol. The maximum Gasteiger partial charge on any atom is 0.330 e. The Kier molecular flexibility index (Phi) is 11.1. The Labute approximate surface area is 252 Å². The second kappa shape index (κ2) is 13.4. The van der Waals surface area contributed by atoms with Crippen molar-refractivity contribution < 1.29 is 28.5 Å². The summed E-state index contributed by atoms with van der Waals surface area (Å²) in [6.45, 7) is 24.9. The second-order valence-electron chi connectivity index (χ2n) is 13.1. The Morgan fingerprint density at radius 3 is 1.52 bits per heavy atom. The molecule has 0 saturated heterocycles. The quantitative estimate of drug-likeness (QED) is 0.140. The van der Waals surface area contributed by atoms with Crippen LogP contribution in [0.15, 0.2) is 73.8 Å². The van der Waals surface area contributed by atoms with Gasteiger partial charge in [-0.05, 0) is 70.7 Å². The van der Waals surface area contributed by atoms with E-state index in [1.807, 2.05) is 60.6 Å². The van der Waals surface area contributed by atoms with Gasteiger partial charge in [-0.2, -0.15) is 0 Å². The van der Waals surface area contributed by atoms with Crippen molar-refractivity contribution in [2.45, 2.75) is 96.7 Å². The summed E-state index contributed by atoms with van der Waals surface area (Å²) in [6, 6.07) is 16.5. The molecule has 0 aliphatic carbocycles. The van der Waals surface area contributed by atoms with Crippen molar-refractivity contribution in [1.82, 2.24) is 0 Å². The van der Waals surface area contributed by atoms with Crippen molar-refractivity contribution in [3.05, 3.63) is 96.1 Å². The summed E-state index contributed by atoms with van der Waals surface area (Å²) < 4.78 is 23.0. The molecule has 2 rings (SSSR count). The smallest absolute Gasteiger partial charge is 0.330 e. The molecule has 230 valence electrons. The molecule has 7 nitrogen and oxygen atoms in total. The van der Waals surface area contributed by atoms with Crippen molar-refractivity contribution in [2.75, 3.05) is 13.2 Å². The summed E-state index contributed by atoms with van der Waals surface area (Å²) in [4.78, 5) is 23.2. The van der Waals surface area contributed by atoms with Crippen LogP contribution in [0.2, 0.25) is 0 Å². The molecule has 2 aromatic carbocycles. The molecule has 0 aromatic heterocycles. The molecule has 7 heteroatoms. The fourth-order valence-corrected chi connectivity index (χ4v) is 4.41. The molecule has 0 aliphatic heterocycles. The van der Waals surface area contributed by atoms with Crippen LogP contribution in [0.25, 0.3) is 0 Å². The van der Waals surface area contributed by atoms with Crippen LogP contribution in [0.4, 0.5) is 0 Å². The largest absolute Gasteiger partial charge is 0.456 e. The molecule has 2 aromatic rings. The molecule has 1 atom stereocenters. The summed E-state index contributed by atoms with van der Waals surface area (Å²) >= 11 is 0. The first-order chi connectivity index (χ1) is 19.2. The van der Waals surface area contributed by atoms with E-state index in [4.69, 9.17) is 24.7 Å². The Balaban J connectivity index is 2.09. The summed E-state index contributed by atoms with van der Waals surface area (Å²) in [6.07, 6.45) is 2.79. The monoisotopic (exact) mass is 579 g/mol. The third-order valence-corrected chi connectivity index (χ3v) is 7.46. The average molecular weight is 580 g/mol. The SMILES string of the molecule is C=CC(=O)OC(C)(C)CCOC(C)(N)c1ccc(C(C)(C)c2ccc(C(C)(C)OCC(C)(C)OC(=O)C=C)cc2)cc1. The van der Waals surface area contributed by atoms with E-state index < -0.39 is 34.5 Å². The zero-order valence-electron chi connectivity index (χ0n) is 26.8. The van der Waals surface area contributed by atoms with Gasteiger partial charge in [-0.15, -0.1) is 0 Å². The van der Waals surface area contributed by atoms with Crippen molar-refractivity contribution in [1.29, 1.82) is 0 Å². The Morgan fingerprint density at radius 2 is 1.07 bits per heavy atom. The number of rotatable bonds is 15. The van der Waals surface area contributed by atoms with Gasteiger partial charge in [0.2, 0.25) is 0 Å². The lowest BCUT2D eigenvalue weighted by atomic mass is 9.77. The molecule has 0 saturated carbocycles. The van der Waals surface area contributed by atoms with Crippen LogP contribution < -0.4 is 5.73 Å². The van der Waals surface area contributed by atoms with Crippen LogP contribution >= 0.6 is 0 Å². The van der Waals surface area contributed by atoms with E-state index in [1.54, 1.807) is 0 Å². The number of nitrogens with two attached hydrogens (primary N) is 1. The molecule has 0 amide bonds. The van der Waals surface area contributed by atoms with Crippen molar-refractivity contribution >= 4 is 11.9 Å². The van der Waals surface area contributed by atoms with Crippen molar-refractivity contribution in [2.24, 2.45) is 5.73 Å². The molecule has 0 fully saturated rings. The highest BCUT2D eigenvalue weighted by molar-refractivity contribution is 5.81. The van der Waals surface area contributed by atoms with E-state index in [0.717, 1.165) is 34.4 Å². The van der Waals surface area contributed by atoms with Crippen LogP contribution in [-0.2, 0) is 45.3 Å². The first kappa shape index (κ1) is 34.9. The van der Waals surface area contributed by atoms with Gasteiger partial charge in [-0.25, -0.2) is 9.59 Å². The first-order valence-electron chi connectivity index (χ1n) is 14.2. The minimum Gasteiger partial charge on any atom is -0.456 e. The van der Waals surface area contributed by atoms with E-state index in [9.17, 15) is 9.59 Å². The van der Waals surface area contributed by atoms with Gasteiger partial charge in [-0.1, -0.05) is 75.5 Å². The lowest BCUT2D eigenvalue weighted by molar-refractivity contribution is -0.163. The number of carbonyl (C=O) groups is 2. The molecular formula is C35H49NO6. The zero-order chi connectivity index (χ0) is 32.0. The Morgan fingerprint density at radius 1 is 0.667 bits per heavy atom. The number of hydrogen-bond acceptors (Lipinski definition) is 7. The molecule has 0 spiro atoms. The lowest BCUT2D eigenvalue weighted by Gasteiger charge is -2.33. The molecule has 0 heterocycles. The zero-order valence-corrected chi connectivity index (χ0v) is 26.8. The van der Waals surface area contributed by atoms with Gasteiger partial charge >= 0.3 is 11.9 Å². The second-order valence-corrected chi connectivity index (χ2v) is 13.1. The van der Waals surface area contributed by atoms with Crippen LogP contribution in [0.1, 0.15) is 91.0 Å². The first-order valence-corrected chi connectivity index (χ1v) is 14.2. The topological polar surface area (TPSA) is 97.1 Å². The summed E-state index contributed by atoms with van der Waals surface area (Å²) in [5.74, 6) is -0.939. The maximum atomic E-state index is 11.6. The van der Waals surface area contributed by atoms with Crippen LogP contribution in [0.5, 0.6) is 0 Å². The third kappa shape index (κ3) is 9.65. The minimum absolute atomic E-state index is 0.240. The highest BCUT2D eigenvalue weighted by Crippen LogP contribution is 2.35. The number of hydrogen-bond donors (Lipinski definition) is 1. The highest BCUT2D eigenvalue weighted by atomic mass is 16.6. The minimum atomic E-state index is -1.01. The predicted octanol–water partition coefficient (Wildman–Crippen LogP) is 6.82. The Bertz CT molecular complexity index is 1240. The maximum absolute atomic E-state index is 11.6. The van der Waals surface area contributed by atoms with Gasteiger partial charge in [0.15, 0.2) is 0 Å². The van der Waals surface area contributed by atoms with Gasteiger partial charge in [0.05, 0.1) is 18.8 Å². The van der Waals surface area contributed by atoms with Crippen LogP contribution in [0.3, 0.4) is 0 Å². The number of esters is 2. The number of benzene rings is 2.